The lowest BCUT2D eigenvalue weighted by molar-refractivity contribution is -0.00416. The van der Waals surface area contributed by atoms with Gasteiger partial charge in [0.25, 0.3) is 11.8 Å². The van der Waals surface area contributed by atoms with Crippen molar-refractivity contribution in [2.24, 2.45) is 5.41 Å². The summed E-state index contributed by atoms with van der Waals surface area (Å²) in [6, 6.07) is 13.6. The van der Waals surface area contributed by atoms with Gasteiger partial charge in [0.2, 0.25) is 0 Å². The first-order valence-corrected chi connectivity index (χ1v) is 16.3. The van der Waals surface area contributed by atoms with Gasteiger partial charge in [-0.05, 0) is 42.5 Å². The van der Waals surface area contributed by atoms with Crippen LogP contribution < -0.4 is 10.2 Å². The number of allylic oxidation sites excluding steroid dienone is 1. The second kappa shape index (κ2) is 11.0. The molecule has 0 bridgehead atoms. The number of benzene rings is 3. The monoisotopic (exact) mass is 651 g/mol. The summed E-state index contributed by atoms with van der Waals surface area (Å²) in [6.45, 7) is 6.57. The number of alkyl halides is 2. The van der Waals surface area contributed by atoms with Crippen LogP contribution in [0.2, 0.25) is 0 Å². The zero-order valence-electron chi connectivity index (χ0n) is 25.6. The predicted molar refractivity (Wildman–Crippen MR) is 167 cm³/mol. The normalized spacial score (nSPS) is 18.8. The highest BCUT2D eigenvalue weighted by Crippen LogP contribution is 2.52. The Balaban J connectivity index is 1.60. The van der Waals surface area contributed by atoms with Crippen LogP contribution in [0.15, 0.2) is 81.7 Å². The van der Waals surface area contributed by atoms with E-state index in [1.54, 1.807) is 44.2 Å². The fourth-order valence-corrected chi connectivity index (χ4v) is 8.74. The fourth-order valence-electron chi connectivity index (χ4n) is 6.38. The Bertz CT molecular complexity index is 2010. The lowest BCUT2D eigenvalue weighted by atomic mass is 9.88. The number of nitrogens with one attached hydrogen (secondary N) is 1. The molecule has 1 aromatic heterocycles. The van der Waals surface area contributed by atoms with Crippen molar-refractivity contribution in [2.45, 2.75) is 52.5 Å². The zero-order valence-corrected chi connectivity index (χ0v) is 26.4. The first kappa shape index (κ1) is 31.4. The smallest absolute Gasteiger partial charge is 0.281 e. The van der Waals surface area contributed by atoms with Crippen molar-refractivity contribution in [3.8, 4) is 5.75 Å². The molecule has 0 fully saturated rings. The molecule has 46 heavy (non-hydrogen) atoms. The molecule has 12 heteroatoms. The van der Waals surface area contributed by atoms with Crippen LogP contribution in [0.25, 0.3) is 0 Å². The van der Waals surface area contributed by atoms with Crippen molar-refractivity contribution < 1.29 is 35.9 Å². The number of halogens is 3. The number of aromatic hydroxyl groups is 1. The SMILES string of the molecule is Cc1nc(C(=O)N2c3cccc(O)c3NC3=C(C2c2ccc(C(F)(F)Cc4ccccc4)cc2F)S(=O)(=O)CC(C)(C)C3)c(C)o1. The molecule has 1 amide bonds. The second-order valence-electron chi connectivity index (χ2n) is 12.6. The molecular weight excluding hydrogens is 619 g/mol. The van der Waals surface area contributed by atoms with Crippen LogP contribution in [-0.4, -0.2) is 30.2 Å². The third kappa shape index (κ3) is 5.55. The summed E-state index contributed by atoms with van der Waals surface area (Å²) in [7, 11) is -4.21. The Labute approximate surface area is 264 Å². The maximum Gasteiger partial charge on any atom is 0.281 e. The van der Waals surface area contributed by atoms with Gasteiger partial charge in [-0.25, -0.2) is 26.6 Å². The number of fused-ring (bicyclic) bond motifs is 1. The van der Waals surface area contributed by atoms with Gasteiger partial charge in [0.15, 0.2) is 21.4 Å². The van der Waals surface area contributed by atoms with Crippen LogP contribution in [0.1, 0.15) is 65.1 Å². The Morgan fingerprint density at radius 3 is 2.48 bits per heavy atom. The van der Waals surface area contributed by atoms with Gasteiger partial charge < -0.3 is 14.8 Å². The first-order chi connectivity index (χ1) is 21.6. The van der Waals surface area contributed by atoms with Gasteiger partial charge in [0.05, 0.1) is 16.3 Å². The highest BCUT2D eigenvalue weighted by atomic mass is 32.2. The summed E-state index contributed by atoms with van der Waals surface area (Å²) in [5.41, 5.74) is -1.27. The number of hydrogen-bond acceptors (Lipinski definition) is 7. The van der Waals surface area contributed by atoms with Crippen LogP contribution in [0, 0.1) is 25.1 Å². The van der Waals surface area contributed by atoms with Crippen molar-refractivity contribution in [1.29, 1.82) is 0 Å². The average molecular weight is 652 g/mol. The molecule has 2 aliphatic heterocycles. The topological polar surface area (TPSA) is 113 Å². The molecule has 240 valence electrons. The minimum absolute atomic E-state index is 0.0306. The number of amides is 1. The number of oxazole rings is 1. The molecular formula is C34H32F3N3O5S. The molecule has 8 nitrogen and oxygen atoms in total. The zero-order chi connectivity index (χ0) is 33.2. The quantitative estimate of drug-likeness (QED) is 0.217. The van der Waals surface area contributed by atoms with E-state index in [0.29, 0.717) is 11.6 Å². The second-order valence-corrected chi connectivity index (χ2v) is 14.5. The molecule has 4 aromatic rings. The number of aryl methyl sites for hydroxylation is 2. The third-order valence-electron chi connectivity index (χ3n) is 8.24. The van der Waals surface area contributed by atoms with E-state index in [4.69, 9.17) is 4.42 Å². The maximum absolute atomic E-state index is 16.4. The van der Waals surface area contributed by atoms with E-state index in [9.17, 15) is 18.3 Å². The van der Waals surface area contributed by atoms with Gasteiger partial charge in [-0.2, -0.15) is 0 Å². The molecule has 0 aliphatic carbocycles. The van der Waals surface area contributed by atoms with E-state index in [1.165, 1.54) is 32.0 Å². The van der Waals surface area contributed by atoms with Crippen LogP contribution in [0.5, 0.6) is 5.75 Å². The number of aromatic nitrogens is 1. The van der Waals surface area contributed by atoms with E-state index in [-0.39, 0.29) is 62.8 Å². The third-order valence-corrected chi connectivity index (χ3v) is 10.5. The summed E-state index contributed by atoms with van der Waals surface area (Å²) in [5, 5.41) is 14.0. The van der Waals surface area contributed by atoms with Crippen LogP contribution >= 0.6 is 0 Å². The summed E-state index contributed by atoms with van der Waals surface area (Å²) >= 11 is 0. The molecule has 2 N–H and O–H groups in total. The van der Waals surface area contributed by atoms with Gasteiger partial charge in [-0.15, -0.1) is 0 Å². The molecule has 0 saturated carbocycles. The molecule has 3 heterocycles. The Kier molecular flexibility index (Phi) is 7.54. The van der Waals surface area contributed by atoms with Gasteiger partial charge in [-0.1, -0.05) is 62.4 Å². The predicted octanol–water partition coefficient (Wildman–Crippen LogP) is 7.34. The molecule has 0 spiro atoms. The number of phenolic OH excluding ortho intramolecular Hbond substituents is 1. The van der Waals surface area contributed by atoms with Gasteiger partial charge in [-0.3, -0.25) is 9.69 Å². The van der Waals surface area contributed by atoms with Crippen LogP contribution in [0.4, 0.5) is 24.5 Å². The summed E-state index contributed by atoms with van der Waals surface area (Å²) in [6.07, 6.45) is -0.508. The van der Waals surface area contributed by atoms with Gasteiger partial charge >= 0.3 is 0 Å². The molecule has 1 atom stereocenters. The van der Waals surface area contributed by atoms with E-state index in [0.717, 1.165) is 17.0 Å². The number of hydrogen-bond donors (Lipinski definition) is 2. The summed E-state index contributed by atoms with van der Waals surface area (Å²) in [5.74, 6) is -5.72. The fraction of sp³-hybridized carbons (Fsp3) is 0.294. The molecule has 6 rings (SSSR count). The summed E-state index contributed by atoms with van der Waals surface area (Å²) in [4.78, 5) is 19.4. The number of phenols is 1. The molecule has 3 aromatic carbocycles. The number of anilines is 2. The minimum Gasteiger partial charge on any atom is -0.506 e. The number of sulfone groups is 1. The number of carbonyl (C=O) groups is 1. The Hall–Kier alpha value is -4.58. The minimum atomic E-state index is -4.21. The van der Waals surface area contributed by atoms with Crippen molar-refractivity contribution in [2.75, 3.05) is 16.0 Å². The van der Waals surface area contributed by atoms with E-state index < -0.39 is 50.9 Å². The van der Waals surface area contributed by atoms with E-state index >= 15 is 13.2 Å². The van der Waals surface area contributed by atoms with Crippen LogP contribution in [-0.2, 0) is 22.2 Å². The van der Waals surface area contributed by atoms with Crippen molar-refractivity contribution in [3.05, 3.63) is 117 Å². The van der Waals surface area contributed by atoms with Gasteiger partial charge in [0.1, 0.15) is 29.1 Å². The highest BCUT2D eigenvalue weighted by Gasteiger charge is 2.48. The number of carbonyl (C=O) groups excluding carboxylic acids is 1. The average Bonchev–Trinajstić information content (AvgIpc) is 3.22. The molecule has 1 unspecified atom stereocenters. The summed E-state index contributed by atoms with van der Waals surface area (Å²) < 4.78 is 81.1. The van der Waals surface area contributed by atoms with E-state index in [1.807, 2.05) is 0 Å². The highest BCUT2D eigenvalue weighted by molar-refractivity contribution is 7.95. The van der Waals surface area contributed by atoms with Crippen LogP contribution in [0.3, 0.4) is 0 Å². The molecule has 2 aliphatic rings. The first-order valence-electron chi connectivity index (χ1n) is 14.6. The van der Waals surface area contributed by atoms with E-state index in [2.05, 4.69) is 10.3 Å². The Morgan fingerprint density at radius 2 is 1.83 bits per heavy atom. The molecule has 0 radical (unpaired) electrons. The van der Waals surface area contributed by atoms with Crippen molar-refractivity contribution >= 4 is 27.1 Å². The number of nitrogens with zero attached hydrogens (tertiary/aromatic N) is 2. The largest absolute Gasteiger partial charge is 0.506 e. The van der Waals surface area contributed by atoms with Gasteiger partial charge in [0, 0.05) is 30.2 Å². The Morgan fingerprint density at radius 1 is 1.11 bits per heavy atom. The lowest BCUT2D eigenvalue weighted by Crippen LogP contribution is -2.41. The maximum atomic E-state index is 16.4. The number of rotatable bonds is 5. The van der Waals surface area contributed by atoms with Crippen molar-refractivity contribution in [3.63, 3.8) is 0 Å². The van der Waals surface area contributed by atoms with Crippen molar-refractivity contribution in [1.82, 2.24) is 4.98 Å². The standard InChI is InChI=1S/C34H32F3N3O5S/c1-19-28(38-20(2)45-19)32(42)40-26-11-8-12-27(41)29(26)39-25-17-33(3,4)18-46(43,44)31(25)30(40)23-14-13-22(15-24(23)35)34(36,37)16-21-9-6-5-7-10-21/h5-15,30,39,41H,16-18H2,1-4H3. The number of para-hydroxylation sites is 1. The lowest BCUT2D eigenvalue weighted by Gasteiger charge is -2.37. The molecule has 0 saturated heterocycles.